The molecule has 40 heavy (non-hydrogen) atoms. The molecule has 3 amide bonds. The van der Waals surface area contributed by atoms with Gasteiger partial charge < -0.3 is 15.1 Å². The molecule has 1 aromatic carbocycles. The van der Waals surface area contributed by atoms with Crippen LogP contribution in [0.4, 0.5) is 26.7 Å². The summed E-state index contributed by atoms with van der Waals surface area (Å²) in [6, 6.07) is -5.07. The average molecular weight is 581 g/mol. The number of aromatic nitrogens is 3. The summed E-state index contributed by atoms with van der Waals surface area (Å²) in [7, 11) is 0. The van der Waals surface area contributed by atoms with Crippen LogP contribution < -0.4 is 11.0 Å². The molecule has 2 aliphatic heterocycles. The number of pyridine rings is 1. The number of hydrogen-bond donors (Lipinski definition) is 2. The number of hydrogen-bond acceptors (Lipinski definition) is 4. The van der Waals surface area contributed by atoms with E-state index < -0.39 is 115 Å². The minimum Gasteiger partial charge on any atom is -0.331 e. The van der Waals surface area contributed by atoms with Crippen LogP contribution in [0.5, 0.6) is 0 Å². The lowest BCUT2D eigenvalue weighted by atomic mass is 9.93. The van der Waals surface area contributed by atoms with E-state index in [0.717, 1.165) is 0 Å². The molecular weight excluding hydrogens is 539 g/mol. The molecule has 5 rings (SSSR count). The Bertz CT molecular complexity index is 2080. The highest BCUT2D eigenvalue weighted by Crippen LogP contribution is 2.32. The molecule has 2 fully saturated rings. The van der Waals surface area contributed by atoms with Gasteiger partial charge in [0.25, 0.3) is 0 Å². The standard InChI is InChI=1S/C26H27F5N6O3/c27-18-4-1-3-17(21(18)28)15-6-7-19(23(38)36(13-15)14-26(29,30)31)33-24(39)35-11-8-16(9-12-35)37-20-5-2-10-32-22(20)34-25(37)40/h1-5,10,15-16,19H,6-9,11-14H2,(H,33,39)(H,32,34,40)/t15-,19-/m1/s1/i6D2,7D2,8D2,9D2,13D2,14D2,15D,19D. The van der Waals surface area contributed by atoms with Crippen molar-refractivity contribution in [3.63, 3.8) is 0 Å². The van der Waals surface area contributed by atoms with Crippen molar-refractivity contribution in [3.05, 3.63) is 64.2 Å². The predicted molar refractivity (Wildman–Crippen MR) is 133 cm³/mol. The SMILES string of the molecule is [2H]C1([2H])CN(C(=O)N[C@@]2([2H])C(=O)N(C([2H])([2H])C(F)(F)F)C([2H])([2H])[C@]([2H])(c3cccc(F)c3F)C([2H])([2H])C2([2H])[2H])CC([2H])([2H])C1n1c(=O)[nH]c2ncccc21. The van der Waals surface area contributed by atoms with Gasteiger partial charge in [-0.25, -0.2) is 23.4 Å². The van der Waals surface area contributed by atoms with Gasteiger partial charge in [-0.05, 0) is 49.3 Å². The lowest BCUT2D eigenvalue weighted by Gasteiger charge is -2.34. The number of nitrogens with one attached hydrogen (secondary N) is 2. The number of urea groups is 1. The van der Waals surface area contributed by atoms with E-state index in [1.54, 1.807) is 0 Å². The molecule has 9 nitrogen and oxygen atoms in total. The molecule has 2 N–H and O–H groups in total. The highest BCUT2D eigenvalue weighted by Gasteiger charge is 2.40. The molecule has 0 spiro atoms. The molecule has 0 saturated carbocycles. The number of aromatic amines is 1. The largest absolute Gasteiger partial charge is 0.406 e. The van der Waals surface area contributed by atoms with Crippen molar-refractivity contribution in [3.8, 4) is 0 Å². The van der Waals surface area contributed by atoms with E-state index in [1.165, 1.54) is 23.6 Å². The van der Waals surface area contributed by atoms with Gasteiger partial charge in [0, 0.05) is 50.1 Å². The summed E-state index contributed by atoms with van der Waals surface area (Å²) in [6.45, 7) is -12.9. The normalized spacial score (nSPS) is 36.6. The van der Waals surface area contributed by atoms with Gasteiger partial charge in [-0.2, -0.15) is 13.2 Å². The Hall–Kier alpha value is -3.97. The van der Waals surface area contributed by atoms with E-state index in [-0.39, 0.29) is 22.1 Å². The van der Waals surface area contributed by atoms with Gasteiger partial charge >= 0.3 is 17.9 Å². The van der Waals surface area contributed by atoms with Gasteiger partial charge in [0.05, 0.1) is 12.4 Å². The van der Waals surface area contributed by atoms with Crippen molar-refractivity contribution in [2.75, 3.05) is 26.1 Å². The summed E-state index contributed by atoms with van der Waals surface area (Å²) in [4.78, 5) is 45.4. The molecule has 2 aromatic heterocycles. The third kappa shape index (κ3) is 5.65. The highest BCUT2D eigenvalue weighted by molar-refractivity contribution is 5.87. The van der Waals surface area contributed by atoms with Gasteiger partial charge in [0.15, 0.2) is 17.3 Å². The van der Waals surface area contributed by atoms with Crippen LogP contribution in [0.25, 0.3) is 11.2 Å². The number of amides is 3. The first-order chi connectivity index (χ1) is 24.3. The Morgan fingerprint density at radius 3 is 2.62 bits per heavy atom. The summed E-state index contributed by atoms with van der Waals surface area (Å²) in [5, 5.41) is 1.25. The molecule has 4 heterocycles. The number of alkyl halides is 3. The maximum atomic E-state index is 15.3. The Kier molecular flexibility index (Phi) is 4.12. The molecule has 2 aliphatic rings. The summed E-state index contributed by atoms with van der Waals surface area (Å²) < 4.78 is 193. The summed E-state index contributed by atoms with van der Waals surface area (Å²) in [6.07, 6.45) is -20.5. The topological polar surface area (TPSA) is 103 Å². The summed E-state index contributed by atoms with van der Waals surface area (Å²) >= 11 is 0. The minimum absolute atomic E-state index is 0.0790. The number of halogens is 5. The molecule has 2 atom stereocenters. The number of H-pyrrole nitrogens is 1. The maximum Gasteiger partial charge on any atom is 0.406 e. The first-order valence-corrected chi connectivity index (χ1v) is 11.3. The number of carbonyl (C=O) groups is 2. The zero-order valence-electron chi connectivity index (χ0n) is 33.9. The summed E-state index contributed by atoms with van der Waals surface area (Å²) in [5.41, 5.74) is -3.06. The van der Waals surface area contributed by atoms with Crippen LogP contribution in [0.2, 0.25) is 0 Å². The van der Waals surface area contributed by atoms with E-state index in [0.29, 0.717) is 16.7 Å². The number of benzene rings is 1. The Balaban J connectivity index is 1.68. The number of likely N-dealkylation sites (tertiary alicyclic amines) is 2. The molecule has 2 saturated heterocycles. The zero-order chi connectivity index (χ0) is 41.2. The monoisotopic (exact) mass is 580 g/mol. The Labute approximate surface area is 244 Å². The maximum absolute atomic E-state index is 15.3. The van der Waals surface area contributed by atoms with Crippen LogP contribution in [-0.2, 0) is 4.79 Å². The van der Waals surface area contributed by atoms with Crippen molar-refractivity contribution < 1.29 is 50.7 Å². The number of nitrogens with zero attached hydrogens (tertiary/aromatic N) is 4. The zero-order valence-corrected chi connectivity index (χ0v) is 19.9. The van der Waals surface area contributed by atoms with Crippen LogP contribution in [0.1, 0.15) is 62.2 Å². The molecule has 0 bridgehead atoms. The Morgan fingerprint density at radius 1 is 1.15 bits per heavy atom. The lowest BCUT2D eigenvalue weighted by Crippen LogP contribution is -2.54. The smallest absolute Gasteiger partial charge is 0.331 e. The molecule has 0 aliphatic carbocycles. The van der Waals surface area contributed by atoms with Crippen molar-refractivity contribution in [2.45, 2.75) is 49.6 Å². The lowest BCUT2D eigenvalue weighted by molar-refractivity contribution is -0.162. The molecule has 0 unspecified atom stereocenters. The molecule has 14 heteroatoms. The quantitative estimate of drug-likeness (QED) is 0.460. The van der Waals surface area contributed by atoms with E-state index in [2.05, 4.69) is 9.97 Å². The van der Waals surface area contributed by atoms with E-state index in [9.17, 15) is 31.9 Å². The fourth-order valence-electron chi connectivity index (χ4n) is 3.84. The van der Waals surface area contributed by atoms with E-state index >= 15 is 4.39 Å². The highest BCUT2D eigenvalue weighted by atomic mass is 19.4. The second kappa shape index (κ2) is 10.9. The second-order valence-electron chi connectivity index (χ2n) is 8.23. The number of carbonyl (C=O) groups excluding carboxylic acids is 2. The first kappa shape index (κ1) is 15.1. The fourth-order valence-corrected chi connectivity index (χ4v) is 3.84. The van der Waals surface area contributed by atoms with Crippen LogP contribution in [0.15, 0.2) is 41.3 Å². The third-order valence-electron chi connectivity index (χ3n) is 5.63. The number of imidazole rings is 1. The van der Waals surface area contributed by atoms with Crippen LogP contribution in [-0.4, -0.2) is 74.6 Å². The van der Waals surface area contributed by atoms with Crippen molar-refractivity contribution in [2.24, 2.45) is 0 Å². The second-order valence-corrected chi connectivity index (χ2v) is 8.23. The molecule has 3 aromatic rings. The number of fused-ring (bicyclic) bond motifs is 1. The predicted octanol–water partition coefficient (Wildman–Crippen LogP) is 3.69. The fraction of sp³-hybridized carbons (Fsp3) is 0.462. The van der Waals surface area contributed by atoms with E-state index in [4.69, 9.17) is 19.2 Å². The number of rotatable bonds is 4. The van der Waals surface area contributed by atoms with Gasteiger partial charge in [0.1, 0.15) is 12.5 Å². The minimum atomic E-state index is -6.39. The van der Waals surface area contributed by atoms with Crippen LogP contribution >= 0.6 is 0 Å². The van der Waals surface area contributed by atoms with Crippen LogP contribution in [0.3, 0.4) is 0 Å². The van der Waals surface area contributed by atoms with Crippen LogP contribution in [0, 0.1) is 11.6 Å². The van der Waals surface area contributed by atoms with Crippen molar-refractivity contribution in [1.29, 1.82) is 0 Å². The molecule has 214 valence electrons. The Morgan fingerprint density at radius 2 is 1.90 bits per heavy atom. The summed E-state index contributed by atoms with van der Waals surface area (Å²) in [5.74, 6) is -11.9. The van der Waals surface area contributed by atoms with Gasteiger partial charge in [-0.15, -0.1) is 0 Å². The van der Waals surface area contributed by atoms with Gasteiger partial charge in [0.2, 0.25) is 5.91 Å². The first-order valence-electron chi connectivity index (χ1n) is 18.3. The number of piperidine rings is 1. The molecule has 0 radical (unpaired) electrons. The van der Waals surface area contributed by atoms with Crippen molar-refractivity contribution in [1.82, 2.24) is 29.7 Å². The third-order valence-corrected chi connectivity index (χ3v) is 5.63. The van der Waals surface area contributed by atoms with E-state index in [1.807, 2.05) is 0 Å². The van der Waals surface area contributed by atoms with Gasteiger partial charge in [-0.1, -0.05) is 12.1 Å². The van der Waals surface area contributed by atoms with Crippen molar-refractivity contribution >= 4 is 23.1 Å². The average Bonchev–Trinajstić information content (AvgIpc) is 3.33. The van der Waals surface area contributed by atoms with Gasteiger partial charge in [-0.3, -0.25) is 14.3 Å². The molecular formula is C26H27F5N6O3.